The van der Waals surface area contributed by atoms with Crippen LogP contribution in [0.3, 0.4) is 0 Å². The van der Waals surface area contributed by atoms with Gasteiger partial charge in [0.05, 0.1) is 12.6 Å². The molecule has 0 amide bonds. The molecular formula is C13H21N3O. The second kappa shape index (κ2) is 5.45. The average Bonchev–Trinajstić information content (AvgIpc) is 2.61. The number of aliphatic hydroxyl groups excluding tert-OH is 1. The van der Waals surface area contributed by atoms with Gasteiger partial charge in [0.1, 0.15) is 12.1 Å². The molecule has 4 nitrogen and oxygen atoms in total. The quantitative estimate of drug-likeness (QED) is 0.808. The van der Waals surface area contributed by atoms with Gasteiger partial charge in [-0.05, 0) is 32.6 Å². The predicted octanol–water partition coefficient (Wildman–Crippen LogP) is 1.56. The first-order valence-electron chi connectivity index (χ1n) is 6.40. The third-order valence-electron chi connectivity index (χ3n) is 3.61. The van der Waals surface area contributed by atoms with Gasteiger partial charge in [0, 0.05) is 18.3 Å². The molecule has 0 saturated heterocycles. The maximum atomic E-state index is 9.24. The second-order valence-electron chi connectivity index (χ2n) is 4.83. The zero-order valence-electron chi connectivity index (χ0n) is 10.7. The minimum atomic E-state index is 0.0947. The van der Waals surface area contributed by atoms with E-state index in [2.05, 4.69) is 14.9 Å². The van der Waals surface area contributed by atoms with E-state index >= 15 is 0 Å². The summed E-state index contributed by atoms with van der Waals surface area (Å²) < 4.78 is 0. The van der Waals surface area contributed by atoms with Crippen molar-refractivity contribution in [3.63, 3.8) is 0 Å². The van der Waals surface area contributed by atoms with Gasteiger partial charge in [-0.3, -0.25) is 0 Å². The van der Waals surface area contributed by atoms with Crippen LogP contribution in [0.2, 0.25) is 0 Å². The van der Waals surface area contributed by atoms with E-state index in [9.17, 15) is 5.11 Å². The normalized spacial score (nSPS) is 17.1. The number of aliphatic hydroxyl groups is 1. The van der Waals surface area contributed by atoms with Crippen LogP contribution in [0, 0.1) is 0 Å². The monoisotopic (exact) mass is 235 g/mol. The highest BCUT2D eigenvalue weighted by atomic mass is 16.3. The van der Waals surface area contributed by atoms with Gasteiger partial charge in [-0.15, -0.1) is 0 Å². The first-order chi connectivity index (χ1) is 8.24. The number of fused-ring (bicyclic) bond motifs is 1. The lowest BCUT2D eigenvalue weighted by atomic mass is 10.1. The number of hydrogen-bond donors (Lipinski definition) is 1. The van der Waals surface area contributed by atoms with Crippen LogP contribution in [0.25, 0.3) is 0 Å². The molecule has 0 spiro atoms. The van der Waals surface area contributed by atoms with Gasteiger partial charge in [0.25, 0.3) is 0 Å². The Morgan fingerprint density at radius 2 is 2.06 bits per heavy atom. The molecule has 0 saturated carbocycles. The van der Waals surface area contributed by atoms with Gasteiger partial charge in [-0.1, -0.05) is 6.42 Å². The van der Waals surface area contributed by atoms with E-state index in [0.29, 0.717) is 0 Å². The molecule has 1 N–H and O–H groups in total. The van der Waals surface area contributed by atoms with Gasteiger partial charge in [0.2, 0.25) is 0 Å². The molecule has 1 aromatic heterocycles. The molecule has 4 heteroatoms. The molecule has 17 heavy (non-hydrogen) atoms. The lowest BCUT2D eigenvalue weighted by Gasteiger charge is -2.26. The van der Waals surface area contributed by atoms with Gasteiger partial charge >= 0.3 is 0 Å². The van der Waals surface area contributed by atoms with Crippen LogP contribution in [-0.4, -0.2) is 34.8 Å². The number of aryl methyl sites for hydroxylation is 1. The number of nitrogens with zero attached hydrogens (tertiary/aromatic N) is 3. The topological polar surface area (TPSA) is 49.2 Å². The van der Waals surface area contributed by atoms with Crippen LogP contribution < -0.4 is 4.90 Å². The Morgan fingerprint density at radius 1 is 1.29 bits per heavy atom. The molecule has 0 aliphatic heterocycles. The summed E-state index contributed by atoms with van der Waals surface area (Å²) in [6.45, 7) is 2.15. The van der Waals surface area contributed by atoms with E-state index in [4.69, 9.17) is 0 Å². The molecule has 94 valence electrons. The van der Waals surface area contributed by atoms with Crippen molar-refractivity contribution in [2.45, 2.75) is 45.1 Å². The van der Waals surface area contributed by atoms with Crippen molar-refractivity contribution in [1.29, 1.82) is 0 Å². The average molecular weight is 235 g/mol. The SMILES string of the molecule is CC(CO)N(C)c1ncnc2c1CCCCC2. The first-order valence-corrected chi connectivity index (χ1v) is 6.40. The molecule has 0 radical (unpaired) electrons. The molecule has 1 unspecified atom stereocenters. The summed E-state index contributed by atoms with van der Waals surface area (Å²) in [4.78, 5) is 10.9. The van der Waals surface area contributed by atoms with Crippen LogP contribution >= 0.6 is 0 Å². The molecule has 0 aromatic carbocycles. The highest BCUT2D eigenvalue weighted by Gasteiger charge is 2.19. The van der Waals surface area contributed by atoms with Crippen LogP contribution in [0.15, 0.2) is 6.33 Å². The Labute approximate surface area is 103 Å². The molecule has 1 aliphatic carbocycles. The third kappa shape index (κ3) is 2.57. The molecule has 2 rings (SSSR count). The van der Waals surface area contributed by atoms with Crippen LogP contribution in [0.5, 0.6) is 0 Å². The van der Waals surface area contributed by atoms with E-state index in [1.54, 1.807) is 6.33 Å². The summed E-state index contributed by atoms with van der Waals surface area (Å²) in [5.41, 5.74) is 2.48. The van der Waals surface area contributed by atoms with Gasteiger partial charge < -0.3 is 10.0 Å². The number of anilines is 1. The number of aromatic nitrogens is 2. The summed E-state index contributed by atoms with van der Waals surface area (Å²) >= 11 is 0. The largest absolute Gasteiger partial charge is 0.394 e. The minimum Gasteiger partial charge on any atom is -0.394 e. The maximum Gasteiger partial charge on any atom is 0.135 e. The fourth-order valence-corrected chi connectivity index (χ4v) is 2.32. The van der Waals surface area contributed by atoms with E-state index in [-0.39, 0.29) is 12.6 Å². The van der Waals surface area contributed by atoms with Crippen molar-refractivity contribution in [2.75, 3.05) is 18.6 Å². The van der Waals surface area contributed by atoms with E-state index in [1.807, 2.05) is 14.0 Å². The number of likely N-dealkylation sites (N-methyl/N-ethyl adjacent to an activating group) is 1. The van der Waals surface area contributed by atoms with Gasteiger partial charge in [0.15, 0.2) is 0 Å². The zero-order valence-corrected chi connectivity index (χ0v) is 10.7. The standard InChI is InChI=1S/C13H21N3O/c1-10(8-17)16(2)13-11-6-4-3-5-7-12(11)14-9-15-13/h9-10,17H,3-8H2,1-2H3. The summed E-state index contributed by atoms with van der Waals surface area (Å²) in [6.07, 6.45) is 7.49. The minimum absolute atomic E-state index is 0.0947. The van der Waals surface area contributed by atoms with Crippen molar-refractivity contribution >= 4 is 5.82 Å². The number of hydrogen-bond acceptors (Lipinski definition) is 4. The highest BCUT2D eigenvalue weighted by molar-refractivity contribution is 5.49. The maximum absolute atomic E-state index is 9.24. The molecule has 0 bridgehead atoms. The van der Waals surface area contributed by atoms with Crippen LogP contribution in [0.4, 0.5) is 5.82 Å². The Bertz CT molecular complexity index is 381. The molecule has 1 aromatic rings. The first kappa shape index (κ1) is 12.3. The van der Waals surface area contributed by atoms with E-state index in [1.165, 1.54) is 30.5 Å². The predicted molar refractivity (Wildman–Crippen MR) is 68.2 cm³/mol. The Balaban J connectivity index is 2.34. The van der Waals surface area contributed by atoms with E-state index < -0.39 is 0 Å². The summed E-state index contributed by atoms with van der Waals surface area (Å²) in [5, 5.41) is 9.24. The molecule has 1 heterocycles. The Kier molecular flexibility index (Phi) is 3.94. The van der Waals surface area contributed by atoms with Crippen molar-refractivity contribution in [2.24, 2.45) is 0 Å². The lowest BCUT2D eigenvalue weighted by molar-refractivity contribution is 0.269. The molecule has 1 aliphatic rings. The van der Waals surface area contributed by atoms with Crippen molar-refractivity contribution in [3.05, 3.63) is 17.6 Å². The second-order valence-corrected chi connectivity index (χ2v) is 4.83. The number of rotatable bonds is 3. The third-order valence-corrected chi connectivity index (χ3v) is 3.61. The van der Waals surface area contributed by atoms with Crippen LogP contribution in [0.1, 0.15) is 37.4 Å². The fraction of sp³-hybridized carbons (Fsp3) is 0.692. The fourth-order valence-electron chi connectivity index (χ4n) is 2.32. The Morgan fingerprint density at radius 3 is 2.82 bits per heavy atom. The van der Waals surface area contributed by atoms with Gasteiger partial charge in [-0.2, -0.15) is 0 Å². The lowest BCUT2D eigenvalue weighted by Crippen LogP contribution is -2.33. The van der Waals surface area contributed by atoms with Crippen molar-refractivity contribution in [1.82, 2.24) is 9.97 Å². The highest BCUT2D eigenvalue weighted by Crippen LogP contribution is 2.26. The van der Waals surface area contributed by atoms with Crippen molar-refractivity contribution < 1.29 is 5.11 Å². The van der Waals surface area contributed by atoms with Crippen molar-refractivity contribution in [3.8, 4) is 0 Å². The van der Waals surface area contributed by atoms with Crippen LogP contribution in [-0.2, 0) is 12.8 Å². The molecule has 1 atom stereocenters. The molecular weight excluding hydrogens is 214 g/mol. The summed E-state index contributed by atoms with van der Waals surface area (Å²) in [7, 11) is 1.99. The summed E-state index contributed by atoms with van der Waals surface area (Å²) in [5.74, 6) is 0.999. The molecule has 0 fully saturated rings. The smallest absolute Gasteiger partial charge is 0.135 e. The summed E-state index contributed by atoms with van der Waals surface area (Å²) in [6, 6.07) is 0.0947. The Hall–Kier alpha value is -1.16. The van der Waals surface area contributed by atoms with Gasteiger partial charge in [-0.25, -0.2) is 9.97 Å². The van der Waals surface area contributed by atoms with E-state index in [0.717, 1.165) is 18.7 Å². The zero-order chi connectivity index (χ0) is 12.3.